The summed E-state index contributed by atoms with van der Waals surface area (Å²) in [7, 11) is -3.68. The van der Waals surface area contributed by atoms with E-state index in [4.69, 9.17) is 9.05 Å². The Morgan fingerprint density at radius 3 is 2.16 bits per heavy atom. The van der Waals surface area contributed by atoms with Crippen LogP contribution in [0, 0.1) is 20.8 Å². The first kappa shape index (κ1) is 22.9. The van der Waals surface area contributed by atoms with E-state index in [0.717, 1.165) is 44.2 Å². The van der Waals surface area contributed by atoms with Crippen molar-refractivity contribution in [1.29, 1.82) is 0 Å². The molecular weight excluding hydrogens is 436 g/mol. The molecule has 0 bridgehead atoms. The molecule has 1 amide bonds. The number of hydrogen-bond donors (Lipinski definition) is 0. The average Bonchev–Trinajstić information content (AvgIpc) is 3.33. The molecule has 2 fully saturated rings. The van der Waals surface area contributed by atoms with Gasteiger partial charge < -0.3 is 13.9 Å². The van der Waals surface area contributed by atoms with Gasteiger partial charge in [-0.05, 0) is 20.8 Å². The van der Waals surface area contributed by atoms with Crippen molar-refractivity contribution in [3.63, 3.8) is 0 Å². The van der Waals surface area contributed by atoms with Crippen molar-refractivity contribution >= 4 is 15.9 Å². The molecule has 0 saturated carbocycles. The van der Waals surface area contributed by atoms with Crippen LogP contribution in [0.25, 0.3) is 0 Å². The van der Waals surface area contributed by atoms with Gasteiger partial charge in [-0.25, -0.2) is 8.42 Å². The molecule has 2 aromatic heterocycles. The largest absolute Gasteiger partial charge is 0.361 e. The second-order valence-electron chi connectivity index (χ2n) is 8.42. The summed E-state index contributed by atoms with van der Waals surface area (Å²) in [5.41, 5.74) is 1.29. The van der Waals surface area contributed by atoms with E-state index >= 15 is 0 Å². The van der Waals surface area contributed by atoms with Crippen LogP contribution >= 0.6 is 0 Å². The zero-order valence-electron chi connectivity index (χ0n) is 18.8. The topological polar surface area (TPSA) is 116 Å². The first-order chi connectivity index (χ1) is 15.2. The molecular formula is C20H30N6O5S. The van der Waals surface area contributed by atoms with Crippen molar-refractivity contribution in [3.05, 3.63) is 29.0 Å². The molecule has 0 aromatic carbocycles. The molecule has 4 heterocycles. The third-order valence-corrected chi connectivity index (χ3v) is 8.19. The predicted octanol–water partition coefficient (Wildman–Crippen LogP) is 0.239. The molecule has 4 rings (SSSR count). The van der Waals surface area contributed by atoms with Crippen molar-refractivity contribution in [2.45, 2.75) is 32.2 Å². The molecule has 2 aliphatic rings. The fourth-order valence-corrected chi connectivity index (χ4v) is 5.98. The minimum atomic E-state index is -3.68. The van der Waals surface area contributed by atoms with E-state index in [-0.39, 0.29) is 23.9 Å². The number of carbonyl (C=O) groups excluding carboxylic acids is 1. The fourth-order valence-electron chi connectivity index (χ4n) is 4.27. The monoisotopic (exact) mass is 466 g/mol. The Balaban J connectivity index is 1.24. The van der Waals surface area contributed by atoms with Gasteiger partial charge in [-0.2, -0.15) is 4.31 Å². The van der Waals surface area contributed by atoms with E-state index < -0.39 is 10.0 Å². The Morgan fingerprint density at radius 1 is 0.938 bits per heavy atom. The van der Waals surface area contributed by atoms with Crippen LogP contribution in [-0.2, 0) is 21.4 Å². The molecule has 12 heteroatoms. The molecule has 11 nitrogen and oxygen atoms in total. The molecule has 176 valence electrons. The number of hydrogen-bond acceptors (Lipinski definition) is 9. The highest BCUT2D eigenvalue weighted by molar-refractivity contribution is 7.89. The molecule has 2 aromatic rings. The van der Waals surface area contributed by atoms with Crippen LogP contribution in [0.5, 0.6) is 0 Å². The Kier molecular flexibility index (Phi) is 6.65. The highest BCUT2D eigenvalue weighted by Gasteiger charge is 2.34. The number of nitrogens with zero attached hydrogens (tertiary/aromatic N) is 6. The van der Waals surface area contributed by atoms with Gasteiger partial charge in [-0.15, -0.1) is 0 Å². The quantitative estimate of drug-likeness (QED) is 0.590. The van der Waals surface area contributed by atoms with E-state index in [0.29, 0.717) is 31.1 Å². The lowest BCUT2D eigenvalue weighted by atomic mass is 10.2. The molecule has 0 N–H and O–H groups in total. The van der Waals surface area contributed by atoms with Crippen LogP contribution in [-0.4, -0.2) is 103 Å². The van der Waals surface area contributed by atoms with Crippen LogP contribution < -0.4 is 0 Å². The summed E-state index contributed by atoms with van der Waals surface area (Å²) in [6, 6.07) is 1.95. The van der Waals surface area contributed by atoms with E-state index in [1.54, 1.807) is 18.7 Å². The first-order valence-electron chi connectivity index (χ1n) is 10.8. The third-order valence-electron chi connectivity index (χ3n) is 6.04. The number of carbonyl (C=O) groups is 1. The van der Waals surface area contributed by atoms with Crippen LogP contribution in [0.4, 0.5) is 0 Å². The zero-order chi connectivity index (χ0) is 22.9. The van der Waals surface area contributed by atoms with Crippen LogP contribution in [0.2, 0.25) is 0 Å². The van der Waals surface area contributed by atoms with Crippen molar-refractivity contribution in [2.24, 2.45) is 0 Å². The summed E-state index contributed by atoms with van der Waals surface area (Å²) in [6.07, 6.45) is 0. The maximum absolute atomic E-state index is 12.9. The van der Waals surface area contributed by atoms with Crippen LogP contribution in [0.1, 0.15) is 22.9 Å². The van der Waals surface area contributed by atoms with Gasteiger partial charge in [0.15, 0.2) is 5.76 Å². The van der Waals surface area contributed by atoms with Crippen molar-refractivity contribution in [2.75, 3.05) is 58.9 Å². The lowest BCUT2D eigenvalue weighted by Crippen LogP contribution is -2.54. The lowest BCUT2D eigenvalue weighted by molar-refractivity contribution is -0.134. The smallest absolute Gasteiger partial charge is 0.248 e. The minimum absolute atomic E-state index is 0.0416. The van der Waals surface area contributed by atoms with Gasteiger partial charge in [0, 0.05) is 65.0 Å². The Morgan fingerprint density at radius 2 is 1.59 bits per heavy atom. The number of piperazine rings is 2. The van der Waals surface area contributed by atoms with Gasteiger partial charge in [0.2, 0.25) is 15.9 Å². The number of aromatic nitrogens is 2. The molecule has 32 heavy (non-hydrogen) atoms. The highest BCUT2D eigenvalue weighted by Crippen LogP contribution is 2.24. The van der Waals surface area contributed by atoms with E-state index in [2.05, 4.69) is 20.1 Å². The summed E-state index contributed by atoms with van der Waals surface area (Å²) in [5, 5.41) is 7.79. The highest BCUT2D eigenvalue weighted by atomic mass is 32.2. The molecule has 0 atom stereocenters. The van der Waals surface area contributed by atoms with Crippen molar-refractivity contribution in [3.8, 4) is 0 Å². The van der Waals surface area contributed by atoms with Gasteiger partial charge >= 0.3 is 0 Å². The van der Waals surface area contributed by atoms with Crippen molar-refractivity contribution in [1.82, 2.24) is 29.3 Å². The first-order valence-corrected chi connectivity index (χ1v) is 12.3. The Hall–Kier alpha value is -2.28. The molecule has 2 saturated heterocycles. The standard InChI is InChI=1S/C20H30N6O5S/c1-15-12-18(22-30-15)13-23-4-6-24(7-5-23)14-19(27)25-8-10-26(11-9-25)32(28,29)20-16(2)21-31-17(20)3/h12H,4-11,13-14H2,1-3H3. The van der Waals surface area contributed by atoms with Gasteiger partial charge in [-0.3, -0.25) is 14.6 Å². The van der Waals surface area contributed by atoms with Crippen LogP contribution in [0.15, 0.2) is 20.0 Å². The molecule has 0 aliphatic carbocycles. The van der Waals surface area contributed by atoms with Crippen LogP contribution in [0.3, 0.4) is 0 Å². The van der Waals surface area contributed by atoms with E-state index in [1.165, 1.54) is 4.31 Å². The second-order valence-corrected chi connectivity index (χ2v) is 10.3. The molecule has 2 aliphatic heterocycles. The number of rotatable bonds is 6. The minimum Gasteiger partial charge on any atom is -0.361 e. The van der Waals surface area contributed by atoms with Gasteiger partial charge in [-0.1, -0.05) is 10.3 Å². The summed E-state index contributed by atoms with van der Waals surface area (Å²) in [6.45, 7) is 10.8. The summed E-state index contributed by atoms with van der Waals surface area (Å²) >= 11 is 0. The second kappa shape index (κ2) is 9.30. The fraction of sp³-hybridized carbons (Fsp3) is 0.650. The zero-order valence-corrected chi connectivity index (χ0v) is 19.6. The molecule has 0 unspecified atom stereocenters. The molecule has 0 spiro atoms. The number of amides is 1. The average molecular weight is 467 g/mol. The third kappa shape index (κ3) is 4.87. The van der Waals surface area contributed by atoms with Crippen molar-refractivity contribution < 1.29 is 22.3 Å². The maximum Gasteiger partial charge on any atom is 0.248 e. The number of sulfonamides is 1. The molecule has 0 radical (unpaired) electrons. The summed E-state index contributed by atoms with van der Waals surface area (Å²) in [5.74, 6) is 1.14. The Labute approximate surface area is 187 Å². The van der Waals surface area contributed by atoms with Gasteiger partial charge in [0.1, 0.15) is 16.3 Å². The van der Waals surface area contributed by atoms with E-state index in [9.17, 15) is 13.2 Å². The van der Waals surface area contributed by atoms with E-state index in [1.807, 2.05) is 13.0 Å². The SMILES string of the molecule is Cc1cc(CN2CCN(CC(=O)N3CCN(S(=O)(=O)c4c(C)noc4C)CC3)CC2)no1. The lowest BCUT2D eigenvalue weighted by Gasteiger charge is -2.37. The summed E-state index contributed by atoms with van der Waals surface area (Å²) < 4.78 is 37.4. The normalized spacial score (nSPS) is 19.5. The van der Waals surface area contributed by atoms with Gasteiger partial charge in [0.25, 0.3) is 0 Å². The summed E-state index contributed by atoms with van der Waals surface area (Å²) in [4.78, 5) is 19.1. The Bertz CT molecular complexity index is 1030. The predicted molar refractivity (Wildman–Crippen MR) is 114 cm³/mol. The maximum atomic E-state index is 12.9. The van der Waals surface area contributed by atoms with Gasteiger partial charge in [0.05, 0.1) is 12.2 Å². The number of aryl methyl sites for hydroxylation is 3.